The highest BCUT2D eigenvalue weighted by atomic mass is 79.9. The maximum absolute atomic E-state index is 13.7. The Balaban J connectivity index is 1.89. The van der Waals surface area contributed by atoms with Crippen LogP contribution in [0.4, 0.5) is 4.39 Å². The molecule has 0 fully saturated rings. The van der Waals surface area contributed by atoms with Crippen molar-refractivity contribution in [2.45, 2.75) is 19.9 Å². The smallest absolute Gasteiger partial charge is 0.338 e. The first-order chi connectivity index (χ1) is 17.2. The largest absolute Gasteiger partial charge is 0.487 e. The molecular weight excluding hydrogens is 615 g/mol. The molecule has 0 aliphatic carbocycles. The van der Waals surface area contributed by atoms with Crippen LogP contribution in [0.1, 0.15) is 31.0 Å². The quantitative estimate of drug-likeness (QED) is 0.270. The van der Waals surface area contributed by atoms with E-state index < -0.39 is 17.8 Å². The molecule has 0 bridgehead atoms. The van der Waals surface area contributed by atoms with E-state index in [9.17, 15) is 14.0 Å². The number of carbonyl (C=O) groups excluding carboxylic acids is 1. The van der Waals surface area contributed by atoms with Crippen molar-refractivity contribution in [1.82, 2.24) is 4.57 Å². The molecule has 0 unspecified atom stereocenters. The molecule has 3 aromatic rings. The van der Waals surface area contributed by atoms with Crippen LogP contribution in [0.5, 0.6) is 5.75 Å². The monoisotopic (exact) mass is 634 g/mol. The van der Waals surface area contributed by atoms with Crippen LogP contribution in [-0.4, -0.2) is 23.8 Å². The second-order valence-corrected chi connectivity index (χ2v) is 10.5. The summed E-state index contributed by atoms with van der Waals surface area (Å²) in [5, 5.41) is 0. The van der Waals surface area contributed by atoms with Gasteiger partial charge in [0.05, 0.1) is 37.4 Å². The Kier molecular flexibility index (Phi) is 8.07. The van der Waals surface area contributed by atoms with E-state index in [1.807, 2.05) is 12.1 Å². The first kappa shape index (κ1) is 26.2. The zero-order valence-corrected chi connectivity index (χ0v) is 23.4. The number of hydrogen-bond donors (Lipinski definition) is 0. The van der Waals surface area contributed by atoms with E-state index in [0.717, 1.165) is 5.56 Å². The molecule has 0 radical (unpaired) electrons. The Morgan fingerprint density at radius 1 is 1.25 bits per heavy atom. The van der Waals surface area contributed by atoms with Gasteiger partial charge in [-0.05, 0) is 87.2 Å². The van der Waals surface area contributed by atoms with Crippen molar-refractivity contribution < 1.29 is 18.7 Å². The van der Waals surface area contributed by atoms with E-state index in [1.165, 1.54) is 28.0 Å². The number of aromatic nitrogens is 1. The molecule has 0 saturated heterocycles. The number of esters is 1. The van der Waals surface area contributed by atoms with Gasteiger partial charge in [-0.15, -0.1) is 0 Å². The lowest BCUT2D eigenvalue weighted by atomic mass is 9.96. The molecule has 0 saturated carbocycles. The molecule has 36 heavy (non-hydrogen) atoms. The second kappa shape index (κ2) is 11.1. The van der Waals surface area contributed by atoms with Crippen LogP contribution < -0.4 is 19.6 Å². The van der Waals surface area contributed by atoms with Crippen molar-refractivity contribution >= 4 is 55.2 Å². The highest BCUT2D eigenvalue weighted by Gasteiger charge is 2.33. The zero-order chi connectivity index (χ0) is 26.0. The summed E-state index contributed by atoms with van der Waals surface area (Å²) in [6.07, 6.45) is 3.40. The molecule has 186 valence electrons. The van der Waals surface area contributed by atoms with Crippen LogP contribution in [0, 0.1) is 5.82 Å². The van der Waals surface area contributed by atoms with Crippen molar-refractivity contribution in [1.29, 1.82) is 0 Å². The lowest BCUT2D eigenvalue weighted by Gasteiger charge is -2.24. The number of allylic oxidation sites excluding steroid dienone is 1. The highest BCUT2D eigenvalue weighted by Crippen LogP contribution is 2.35. The summed E-state index contributed by atoms with van der Waals surface area (Å²) in [6, 6.07) is 8.61. The summed E-state index contributed by atoms with van der Waals surface area (Å²) in [5.74, 6) is -0.355. The van der Waals surface area contributed by atoms with Gasteiger partial charge in [-0.1, -0.05) is 36.1 Å². The maximum atomic E-state index is 13.7. The molecule has 6 nitrogen and oxygen atoms in total. The average Bonchev–Trinajstić information content (AvgIpc) is 3.12. The molecule has 1 aromatic heterocycles. The van der Waals surface area contributed by atoms with Gasteiger partial charge in [-0.2, -0.15) is 0 Å². The molecule has 4 rings (SSSR count). The third-order valence-electron chi connectivity index (χ3n) is 5.37. The van der Waals surface area contributed by atoms with Crippen molar-refractivity contribution in [2.75, 3.05) is 13.2 Å². The summed E-state index contributed by atoms with van der Waals surface area (Å²) in [4.78, 5) is 31.5. The number of carbonyl (C=O) groups is 1. The lowest BCUT2D eigenvalue weighted by molar-refractivity contribution is -0.139. The van der Waals surface area contributed by atoms with E-state index in [4.69, 9.17) is 9.47 Å². The van der Waals surface area contributed by atoms with Gasteiger partial charge >= 0.3 is 5.97 Å². The van der Waals surface area contributed by atoms with Gasteiger partial charge in [-0.25, -0.2) is 14.2 Å². The summed E-state index contributed by atoms with van der Waals surface area (Å²) in [5.41, 5.74) is 1.71. The molecule has 1 atom stereocenters. The lowest BCUT2D eigenvalue weighted by Crippen LogP contribution is -2.39. The number of hydrogen-bond acceptors (Lipinski definition) is 6. The molecule has 0 N–H and O–H groups in total. The van der Waals surface area contributed by atoms with Crippen LogP contribution in [-0.2, 0) is 9.53 Å². The Bertz CT molecular complexity index is 1530. The van der Waals surface area contributed by atoms with Crippen molar-refractivity contribution in [2.24, 2.45) is 4.99 Å². The fourth-order valence-corrected chi connectivity index (χ4v) is 6.34. The summed E-state index contributed by atoms with van der Waals surface area (Å²) < 4.78 is 27.9. The molecular formula is C26H21Br2FN2O4S. The van der Waals surface area contributed by atoms with E-state index in [0.29, 0.717) is 41.9 Å². The Labute approximate surface area is 227 Å². The molecule has 1 aliphatic heterocycles. The van der Waals surface area contributed by atoms with Gasteiger partial charge in [0.25, 0.3) is 5.56 Å². The number of benzene rings is 2. The van der Waals surface area contributed by atoms with Gasteiger partial charge in [0.2, 0.25) is 0 Å². The zero-order valence-electron chi connectivity index (χ0n) is 19.4. The van der Waals surface area contributed by atoms with Gasteiger partial charge in [0.1, 0.15) is 18.2 Å². The van der Waals surface area contributed by atoms with Crippen LogP contribution in [0.15, 0.2) is 79.1 Å². The Morgan fingerprint density at radius 2 is 1.92 bits per heavy atom. The fourth-order valence-electron chi connectivity index (χ4n) is 3.85. The molecule has 1 aliphatic rings. The number of fused-ring (bicyclic) bond motifs is 1. The van der Waals surface area contributed by atoms with Crippen LogP contribution in [0.3, 0.4) is 0 Å². The minimum absolute atomic E-state index is 0.173. The first-order valence-electron chi connectivity index (χ1n) is 10.9. The van der Waals surface area contributed by atoms with Crippen LogP contribution in [0.25, 0.3) is 6.08 Å². The van der Waals surface area contributed by atoms with E-state index in [2.05, 4.69) is 43.4 Å². The van der Waals surface area contributed by atoms with Crippen LogP contribution >= 0.6 is 43.2 Å². The molecule has 10 heteroatoms. The summed E-state index contributed by atoms with van der Waals surface area (Å²) >= 11 is 8.24. The summed E-state index contributed by atoms with van der Waals surface area (Å²) in [6.45, 7) is 7.59. The third-order valence-corrected chi connectivity index (χ3v) is 7.53. The number of ether oxygens (including phenoxy) is 2. The van der Waals surface area contributed by atoms with Gasteiger partial charge < -0.3 is 9.47 Å². The topological polar surface area (TPSA) is 69.9 Å². The minimum atomic E-state index is -0.795. The average molecular weight is 636 g/mol. The molecule has 0 amide bonds. The number of rotatable bonds is 7. The molecule has 2 aromatic carbocycles. The van der Waals surface area contributed by atoms with E-state index >= 15 is 0 Å². The predicted molar refractivity (Wildman–Crippen MR) is 144 cm³/mol. The summed E-state index contributed by atoms with van der Waals surface area (Å²) in [7, 11) is 0. The molecule has 0 spiro atoms. The van der Waals surface area contributed by atoms with Gasteiger partial charge in [-0.3, -0.25) is 9.36 Å². The molecule has 2 heterocycles. The SMILES string of the molecule is C=CCOc1c(Br)cc(/C=c2\sc3n(c2=O)[C@H](c2ccc(F)cc2)C(C(=O)OCC)=C(C)N=3)cc1Br. The number of nitrogens with zero attached hydrogens (tertiary/aromatic N) is 2. The van der Waals surface area contributed by atoms with Crippen molar-refractivity contribution in [3.05, 3.63) is 106 Å². The van der Waals surface area contributed by atoms with Crippen molar-refractivity contribution in [3.63, 3.8) is 0 Å². The highest BCUT2D eigenvalue weighted by molar-refractivity contribution is 9.11. The third kappa shape index (κ3) is 5.16. The van der Waals surface area contributed by atoms with E-state index in [1.54, 1.807) is 38.1 Å². The number of thiazole rings is 1. The maximum Gasteiger partial charge on any atom is 0.338 e. The second-order valence-electron chi connectivity index (χ2n) is 7.77. The van der Waals surface area contributed by atoms with Crippen LogP contribution in [0.2, 0.25) is 0 Å². The Morgan fingerprint density at radius 3 is 2.53 bits per heavy atom. The Hall–Kier alpha value is -2.82. The van der Waals surface area contributed by atoms with Crippen molar-refractivity contribution in [3.8, 4) is 5.75 Å². The van der Waals surface area contributed by atoms with E-state index in [-0.39, 0.29) is 17.7 Å². The van der Waals surface area contributed by atoms with Gasteiger partial charge in [0, 0.05) is 0 Å². The minimum Gasteiger partial charge on any atom is -0.487 e. The first-order valence-corrected chi connectivity index (χ1v) is 13.3. The standard InChI is InChI=1S/C26H21Br2FN2O4S/c1-4-10-35-23-18(27)11-15(12-19(23)28)13-20-24(32)31-22(16-6-8-17(29)9-7-16)21(25(33)34-5-2)14(3)30-26(31)36-20/h4,6-9,11-13,22H,1,5,10H2,2-3H3/b20-13-/t22-/m1/s1. The predicted octanol–water partition coefficient (Wildman–Crippen LogP) is 5.03. The van der Waals surface area contributed by atoms with Gasteiger partial charge in [0.15, 0.2) is 4.80 Å². The fraction of sp³-hybridized carbons (Fsp3) is 0.192. The number of halogens is 3. The normalized spacial score (nSPS) is 15.4.